The minimum Gasteiger partial charge on any atom is -0.544 e. The molecular weight excluding hydrogens is 394 g/mol. The molecule has 0 N–H and O–H groups in total. The van der Waals surface area contributed by atoms with Crippen molar-refractivity contribution in [3.8, 4) is 0 Å². The molecule has 0 aromatic rings. The Morgan fingerprint density at radius 1 is 0.625 bits per heavy atom. The minimum atomic E-state index is -0.873. The molecule has 0 saturated heterocycles. The number of rotatable bonds is 23. The molecule has 0 saturated carbocycles. The van der Waals surface area contributed by atoms with Gasteiger partial charge in [0, 0.05) is 5.92 Å². The van der Waals surface area contributed by atoms with Gasteiger partial charge in [-0.05, 0) is 19.8 Å². The average molecular weight is 454 g/mol. The number of hydrogen-bond acceptors (Lipinski definition) is 2. The predicted molar refractivity (Wildman–Crippen MR) is 139 cm³/mol. The maximum atomic E-state index is 12.3. The van der Waals surface area contributed by atoms with Gasteiger partial charge in [0.25, 0.3) is 0 Å². The second-order valence-corrected chi connectivity index (χ2v) is 11.4. The molecule has 0 bridgehead atoms. The number of nitrogens with zero attached hydrogens (tertiary/aromatic N) is 1. The summed E-state index contributed by atoms with van der Waals surface area (Å²) in [6.07, 6.45) is 25.7. The summed E-state index contributed by atoms with van der Waals surface area (Å²) in [6.45, 7) is 6.47. The standard InChI is InChI=1S/C29H59NO2/c1-7-9-11-13-15-17-19-21-23-25-27(29(3,28(31)32)30(4,5)6)26-24-22-20-18-16-14-12-10-8-2/h27H,7-26H2,1-6H3. The van der Waals surface area contributed by atoms with Crippen LogP contribution in [0, 0.1) is 5.92 Å². The molecule has 0 heterocycles. The first-order valence-electron chi connectivity index (χ1n) is 14.2. The van der Waals surface area contributed by atoms with E-state index in [1.165, 1.54) is 103 Å². The van der Waals surface area contributed by atoms with Crippen LogP contribution < -0.4 is 5.11 Å². The lowest BCUT2D eigenvalue weighted by atomic mass is 9.76. The fourth-order valence-electron chi connectivity index (χ4n) is 5.10. The largest absolute Gasteiger partial charge is 0.544 e. The lowest BCUT2D eigenvalue weighted by molar-refractivity contribution is -0.918. The molecule has 3 heteroatoms. The lowest BCUT2D eigenvalue weighted by Crippen LogP contribution is -2.68. The molecule has 1 unspecified atom stereocenters. The fraction of sp³-hybridized carbons (Fsp3) is 0.966. The maximum Gasteiger partial charge on any atom is 0.139 e. The first-order chi connectivity index (χ1) is 15.2. The Labute approximate surface area is 202 Å². The number of carbonyl (C=O) groups is 1. The summed E-state index contributed by atoms with van der Waals surface area (Å²) in [5.41, 5.74) is -0.819. The van der Waals surface area contributed by atoms with E-state index in [0.29, 0.717) is 4.48 Å². The molecule has 192 valence electrons. The van der Waals surface area contributed by atoms with Crippen molar-refractivity contribution >= 4 is 5.97 Å². The molecule has 0 amide bonds. The zero-order valence-electron chi connectivity index (χ0n) is 23.0. The summed E-state index contributed by atoms with van der Waals surface area (Å²) in [5.74, 6) is -0.677. The van der Waals surface area contributed by atoms with Crippen LogP contribution in [-0.2, 0) is 4.79 Å². The molecule has 0 rings (SSSR count). The predicted octanol–water partition coefficient (Wildman–Crippen LogP) is 7.66. The van der Waals surface area contributed by atoms with Gasteiger partial charge in [0.15, 0.2) is 0 Å². The van der Waals surface area contributed by atoms with Gasteiger partial charge < -0.3 is 14.4 Å². The third-order valence-corrected chi connectivity index (χ3v) is 7.91. The Morgan fingerprint density at radius 2 is 0.906 bits per heavy atom. The van der Waals surface area contributed by atoms with Gasteiger partial charge in [0.2, 0.25) is 0 Å². The Hall–Kier alpha value is -0.570. The summed E-state index contributed by atoms with van der Waals surface area (Å²) >= 11 is 0. The van der Waals surface area contributed by atoms with Crippen molar-refractivity contribution in [1.29, 1.82) is 0 Å². The molecule has 0 aromatic carbocycles. The first kappa shape index (κ1) is 31.4. The van der Waals surface area contributed by atoms with Crippen molar-refractivity contribution in [1.82, 2.24) is 0 Å². The third kappa shape index (κ3) is 13.2. The van der Waals surface area contributed by atoms with E-state index in [0.717, 1.165) is 25.7 Å². The molecule has 0 spiro atoms. The lowest BCUT2D eigenvalue weighted by Gasteiger charge is -2.49. The van der Waals surface area contributed by atoms with Crippen molar-refractivity contribution in [3.05, 3.63) is 0 Å². The van der Waals surface area contributed by atoms with Crippen LogP contribution in [-0.4, -0.2) is 37.1 Å². The van der Waals surface area contributed by atoms with Crippen molar-refractivity contribution < 1.29 is 14.4 Å². The summed E-state index contributed by atoms with van der Waals surface area (Å²) < 4.78 is 0.439. The summed E-state index contributed by atoms with van der Waals surface area (Å²) in [5, 5.41) is 12.3. The Bertz CT molecular complexity index is 421. The minimum absolute atomic E-state index is 0.196. The fourth-order valence-corrected chi connectivity index (χ4v) is 5.10. The van der Waals surface area contributed by atoms with Gasteiger partial charge in [-0.25, -0.2) is 0 Å². The van der Waals surface area contributed by atoms with Crippen LogP contribution in [0.3, 0.4) is 0 Å². The van der Waals surface area contributed by atoms with Crippen molar-refractivity contribution in [2.45, 2.75) is 155 Å². The number of unbranched alkanes of at least 4 members (excludes halogenated alkanes) is 16. The number of quaternary nitrogens is 1. The van der Waals surface area contributed by atoms with E-state index in [1.54, 1.807) is 0 Å². The second-order valence-electron chi connectivity index (χ2n) is 11.4. The van der Waals surface area contributed by atoms with Crippen LogP contribution in [0.15, 0.2) is 0 Å². The molecule has 0 aliphatic heterocycles. The molecule has 1 atom stereocenters. The van der Waals surface area contributed by atoms with Crippen LogP contribution in [0.5, 0.6) is 0 Å². The molecule has 32 heavy (non-hydrogen) atoms. The van der Waals surface area contributed by atoms with Crippen molar-refractivity contribution in [2.24, 2.45) is 5.92 Å². The van der Waals surface area contributed by atoms with E-state index >= 15 is 0 Å². The summed E-state index contributed by atoms with van der Waals surface area (Å²) in [7, 11) is 6.07. The molecular formula is C29H59NO2. The molecule has 0 aliphatic rings. The number of likely N-dealkylation sites (N-methyl/N-ethyl adjacent to an activating group) is 1. The van der Waals surface area contributed by atoms with E-state index in [9.17, 15) is 9.90 Å². The van der Waals surface area contributed by atoms with Crippen LogP contribution >= 0.6 is 0 Å². The third-order valence-electron chi connectivity index (χ3n) is 7.91. The molecule has 0 aromatic heterocycles. The SMILES string of the molecule is CCCCCCCCCCCC(CCCCCCCCCCC)C(C)(C(=O)[O-])[N+](C)(C)C. The van der Waals surface area contributed by atoms with E-state index in [2.05, 4.69) is 13.8 Å². The quantitative estimate of drug-likeness (QED) is 0.118. The number of carboxylic acids is 1. The van der Waals surface area contributed by atoms with Gasteiger partial charge in [-0.1, -0.05) is 129 Å². The summed E-state index contributed by atoms with van der Waals surface area (Å²) in [6, 6.07) is 0. The molecule has 3 nitrogen and oxygen atoms in total. The zero-order chi connectivity index (χ0) is 24.3. The monoisotopic (exact) mass is 453 g/mol. The smallest absolute Gasteiger partial charge is 0.139 e. The molecule has 0 aliphatic carbocycles. The van der Waals surface area contributed by atoms with Gasteiger partial charge in [0.1, 0.15) is 11.5 Å². The molecule has 0 radical (unpaired) electrons. The Morgan fingerprint density at radius 3 is 1.16 bits per heavy atom. The first-order valence-corrected chi connectivity index (χ1v) is 14.2. The van der Waals surface area contributed by atoms with Crippen LogP contribution in [0.2, 0.25) is 0 Å². The van der Waals surface area contributed by atoms with Crippen LogP contribution in [0.4, 0.5) is 0 Å². The highest BCUT2D eigenvalue weighted by atomic mass is 16.4. The van der Waals surface area contributed by atoms with E-state index in [4.69, 9.17) is 0 Å². The van der Waals surface area contributed by atoms with Gasteiger partial charge >= 0.3 is 0 Å². The topological polar surface area (TPSA) is 40.1 Å². The number of carbonyl (C=O) groups excluding carboxylic acids is 1. The van der Waals surface area contributed by atoms with Gasteiger partial charge in [-0.3, -0.25) is 0 Å². The number of carboxylic acid groups (broad SMARTS) is 1. The number of aliphatic carboxylic acids is 1. The second kappa shape index (κ2) is 18.8. The maximum absolute atomic E-state index is 12.3. The average Bonchev–Trinajstić information content (AvgIpc) is 2.73. The van der Waals surface area contributed by atoms with Gasteiger partial charge in [0.05, 0.1) is 21.1 Å². The van der Waals surface area contributed by atoms with Gasteiger partial charge in [-0.2, -0.15) is 0 Å². The van der Waals surface area contributed by atoms with Crippen LogP contribution in [0.1, 0.15) is 149 Å². The highest BCUT2D eigenvalue weighted by Gasteiger charge is 2.46. The van der Waals surface area contributed by atoms with E-state index in [1.807, 2.05) is 28.1 Å². The summed E-state index contributed by atoms with van der Waals surface area (Å²) in [4.78, 5) is 12.3. The zero-order valence-corrected chi connectivity index (χ0v) is 23.0. The highest BCUT2D eigenvalue weighted by molar-refractivity contribution is 5.75. The van der Waals surface area contributed by atoms with Crippen molar-refractivity contribution in [3.63, 3.8) is 0 Å². The number of hydrogen-bond donors (Lipinski definition) is 0. The highest BCUT2D eigenvalue weighted by Crippen LogP contribution is 2.35. The Kier molecular flexibility index (Phi) is 18.5. The normalized spacial score (nSPS) is 14.1. The van der Waals surface area contributed by atoms with Gasteiger partial charge in [-0.15, -0.1) is 0 Å². The van der Waals surface area contributed by atoms with E-state index in [-0.39, 0.29) is 5.92 Å². The van der Waals surface area contributed by atoms with Crippen LogP contribution in [0.25, 0.3) is 0 Å². The van der Waals surface area contributed by atoms with E-state index < -0.39 is 11.5 Å². The van der Waals surface area contributed by atoms with Crippen molar-refractivity contribution in [2.75, 3.05) is 21.1 Å². The Balaban J connectivity index is 4.46. The molecule has 0 fully saturated rings.